The summed E-state index contributed by atoms with van der Waals surface area (Å²) < 4.78 is 31.0. The average Bonchev–Trinajstić information content (AvgIpc) is 3.02. The Morgan fingerprint density at radius 2 is 1.68 bits per heavy atom. The van der Waals surface area contributed by atoms with Crippen LogP contribution in [0, 0.1) is 6.92 Å². The molecule has 0 fully saturated rings. The molecule has 0 atom stereocenters. The van der Waals surface area contributed by atoms with Crippen molar-refractivity contribution in [3.8, 4) is 10.4 Å². The molecule has 22 heavy (non-hydrogen) atoms. The first-order valence-corrected chi connectivity index (χ1v) is 8.77. The molecule has 1 heterocycles. The van der Waals surface area contributed by atoms with Gasteiger partial charge in [0, 0.05) is 5.69 Å². The fourth-order valence-electron chi connectivity index (χ4n) is 1.93. The van der Waals surface area contributed by atoms with Gasteiger partial charge in [0.15, 0.2) is 0 Å². The number of sulfonamides is 1. The molecular formula is C15H13N3O2S2. The smallest absolute Gasteiger partial charge is 0.261 e. The van der Waals surface area contributed by atoms with Gasteiger partial charge in [-0.05, 0) is 48.3 Å². The first kappa shape index (κ1) is 14.7. The molecule has 0 aliphatic heterocycles. The van der Waals surface area contributed by atoms with Gasteiger partial charge in [-0.2, -0.15) is 0 Å². The molecule has 2 aromatic carbocycles. The largest absolute Gasteiger partial charge is 0.280 e. The van der Waals surface area contributed by atoms with E-state index in [1.54, 1.807) is 42.6 Å². The normalized spacial score (nSPS) is 11.3. The summed E-state index contributed by atoms with van der Waals surface area (Å²) in [4.78, 5) is 1.18. The van der Waals surface area contributed by atoms with Crippen molar-refractivity contribution in [1.82, 2.24) is 9.59 Å². The number of nitrogens with one attached hydrogen (secondary N) is 1. The molecule has 0 aliphatic carbocycles. The lowest BCUT2D eigenvalue weighted by Gasteiger charge is -2.08. The Labute approximate surface area is 132 Å². The molecule has 1 aromatic heterocycles. The van der Waals surface area contributed by atoms with E-state index in [4.69, 9.17) is 0 Å². The summed E-state index contributed by atoms with van der Waals surface area (Å²) in [6.45, 7) is 1.91. The van der Waals surface area contributed by atoms with Crippen molar-refractivity contribution in [1.29, 1.82) is 0 Å². The molecule has 7 heteroatoms. The van der Waals surface area contributed by atoms with Crippen LogP contribution in [-0.4, -0.2) is 18.0 Å². The van der Waals surface area contributed by atoms with E-state index in [0.29, 0.717) is 5.69 Å². The monoisotopic (exact) mass is 331 g/mol. The van der Waals surface area contributed by atoms with Crippen LogP contribution in [0.3, 0.4) is 0 Å². The quantitative estimate of drug-likeness (QED) is 0.796. The minimum Gasteiger partial charge on any atom is -0.280 e. The summed E-state index contributed by atoms with van der Waals surface area (Å²) in [7, 11) is -3.57. The van der Waals surface area contributed by atoms with Gasteiger partial charge in [-0.15, -0.1) is 5.10 Å². The molecule has 0 unspecified atom stereocenters. The van der Waals surface area contributed by atoms with Gasteiger partial charge in [-0.1, -0.05) is 34.3 Å². The van der Waals surface area contributed by atoms with Crippen LogP contribution in [0.15, 0.2) is 59.6 Å². The molecule has 112 valence electrons. The van der Waals surface area contributed by atoms with E-state index >= 15 is 0 Å². The van der Waals surface area contributed by atoms with E-state index in [1.807, 2.05) is 19.1 Å². The van der Waals surface area contributed by atoms with Crippen molar-refractivity contribution in [2.24, 2.45) is 0 Å². The molecule has 0 bridgehead atoms. The van der Waals surface area contributed by atoms with Gasteiger partial charge in [0.2, 0.25) is 0 Å². The third kappa shape index (κ3) is 3.15. The van der Waals surface area contributed by atoms with Gasteiger partial charge >= 0.3 is 0 Å². The molecule has 0 radical (unpaired) electrons. The number of aryl methyl sites for hydroxylation is 1. The number of hydrogen-bond acceptors (Lipinski definition) is 5. The Kier molecular flexibility index (Phi) is 3.91. The number of rotatable bonds is 4. The second-order valence-electron chi connectivity index (χ2n) is 4.78. The molecule has 0 saturated heterocycles. The van der Waals surface area contributed by atoms with Crippen LogP contribution < -0.4 is 4.72 Å². The lowest BCUT2D eigenvalue weighted by atomic mass is 10.2. The predicted molar refractivity (Wildman–Crippen MR) is 87.3 cm³/mol. The third-order valence-corrected chi connectivity index (χ3v) is 5.23. The maximum absolute atomic E-state index is 12.3. The number of hydrogen-bond donors (Lipinski definition) is 1. The highest BCUT2D eigenvalue weighted by atomic mass is 32.2. The van der Waals surface area contributed by atoms with Crippen molar-refractivity contribution in [2.45, 2.75) is 11.8 Å². The van der Waals surface area contributed by atoms with Crippen molar-refractivity contribution < 1.29 is 8.42 Å². The minimum absolute atomic E-state index is 0.244. The van der Waals surface area contributed by atoms with Gasteiger partial charge in [0.1, 0.15) is 0 Å². The highest BCUT2D eigenvalue weighted by Gasteiger charge is 2.13. The van der Waals surface area contributed by atoms with Crippen LogP contribution in [-0.2, 0) is 10.0 Å². The number of benzene rings is 2. The van der Waals surface area contributed by atoms with Gasteiger partial charge in [-0.25, -0.2) is 8.42 Å². The van der Waals surface area contributed by atoms with Crippen LogP contribution in [0.1, 0.15) is 5.56 Å². The summed E-state index contributed by atoms with van der Waals surface area (Å²) in [5, 5.41) is 3.78. The van der Waals surface area contributed by atoms with Crippen LogP contribution in [0.4, 0.5) is 5.69 Å². The summed E-state index contributed by atoms with van der Waals surface area (Å²) in [6.07, 6.45) is 1.68. The maximum atomic E-state index is 12.3. The molecular weight excluding hydrogens is 318 g/mol. The molecule has 0 aliphatic rings. The fourth-order valence-corrected chi connectivity index (χ4v) is 3.51. The SMILES string of the molecule is Cc1ccc(S(=O)(=O)Nc2ccc(-c3cnns3)cc2)cc1. The summed E-state index contributed by atoms with van der Waals surface area (Å²) in [5.74, 6) is 0. The van der Waals surface area contributed by atoms with Crippen molar-refractivity contribution in [2.75, 3.05) is 4.72 Å². The summed E-state index contributed by atoms with van der Waals surface area (Å²) >= 11 is 1.29. The van der Waals surface area contributed by atoms with E-state index < -0.39 is 10.0 Å². The Bertz CT molecular complexity index is 856. The summed E-state index contributed by atoms with van der Waals surface area (Å²) in [5.41, 5.74) is 2.48. The van der Waals surface area contributed by atoms with Gasteiger partial charge < -0.3 is 0 Å². The van der Waals surface area contributed by atoms with E-state index in [1.165, 1.54) is 11.5 Å². The first-order valence-electron chi connectivity index (χ1n) is 6.52. The van der Waals surface area contributed by atoms with Crippen LogP contribution >= 0.6 is 11.5 Å². The second-order valence-corrected chi connectivity index (χ2v) is 7.25. The number of anilines is 1. The minimum atomic E-state index is -3.57. The molecule has 5 nitrogen and oxygen atoms in total. The average molecular weight is 331 g/mol. The van der Waals surface area contributed by atoms with Gasteiger partial charge in [0.25, 0.3) is 10.0 Å². The van der Waals surface area contributed by atoms with Crippen LogP contribution in [0.25, 0.3) is 10.4 Å². The Balaban J connectivity index is 1.82. The van der Waals surface area contributed by atoms with E-state index in [9.17, 15) is 8.42 Å². The summed E-state index contributed by atoms with van der Waals surface area (Å²) in [6, 6.07) is 13.8. The zero-order chi connectivity index (χ0) is 15.6. The third-order valence-electron chi connectivity index (χ3n) is 3.11. The van der Waals surface area contributed by atoms with Gasteiger partial charge in [0.05, 0.1) is 16.0 Å². The van der Waals surface area contributed by atoms with Gasteiger partial charge in [-0.3, -0.25) is 4.72 Å². The molecule has 0 amide bonds. The number of nitrogens with zero attached hydrogens (tertiary/aromatic N) is 2. The molecule has 0 spiro atoms. The maximum Gasteiger partial charge on any atom is 0.261 e. The molecule has 3 aromatic rings. The van der Waals surface area contributed by atoms with Crippen molar-refractivity contribution >= 4 is 27.2 Å². The van der Waals surface area contributed by atoms with Crippen molar-refractivity contribution in [3.63, 3.8) is 0 Å². The number of aromatic nitrogens is 2. The Hall–Kier alpha value is -2.25. The highest BCUT2D eigenvalue weighted by molar-refractivity contribution is 7.92. The second kappa shape index (κ2) is 5.86. The highest BCUT2D eigenvalue weighted by Crippen LogP contribution is 2.24. The lowest BCUT2D eigenvalue weighted by Crippen LogP contribution is -2.12. The van der Waals surface area contributed by atoms with E-state index in [-0.39, 0.29) is 4.90 Å². The molecule has 3 rings (SSSR count). The fraction of sp³-hybridized carbons (Fsp3) is 0.0667. The Morgan fingerprint density at radius 1 is 1.00 bits per heavy atom. The van der Waals surface area contributed by atoms with Crippen molar-refractivity contribution in [3.05, 3.63) is 60.3 Å². The van der Waals surface area contributed by atoms with Crippen LogP contribution in [0.5, 0.6) is 0 Å². The molecule has 1 N–H and O–H groups in total. The topological polar surface area (TPSA) is 72.0 Å². The Morgan fingerprint density at radius 3 is 2.27 bits per heavy atom. The lowest BCUT2D eigenvalue weighted by molar-refractivity contribution is 0.601. The predicted octanol–water partition coefficient (Wildman–Crippen LogP) is 3.31. The van der Waals surface area contributed by atoms with Crippen LogP contribution in [0.2, 0.25) is 0 Å². The van der Waals surface area contributed by atoms with E-state index in [2.05, 4.69) is 14.3 Å². The molecule has 0 saturated carbocycles. The standard InChI is InChI=1S/C15H13N3O2S2/c1-11-2-8-14(9-3-11)22(19,20)17-13-6-4-12(5-7-13)15-10-16-18-21-15/h2-10,17H,1H3. The zero-order valence-corrected chi connectivity index (χ0v) is 13.4. The van der Waals surface area contributed by atoms with E-state index in [0.717, 1.165) is 16.0 Å². The first-order chi connectivity index (χ1) is 10.5. The zero-order valence-electron chi connectivity index (χ0n) is 11.7.